The van der Waals surface area contributed by atoms with Crippen LogP contribution in [0.1, 0.15) is 27.7 Å². The molecule has 1 aromatic carbocycles. The van der Waals surface area contributed by atoms with Crippen LogP contribution in [0.3, 0.4) is 0 Å². The predicted molar refractivity (Wildman–Crippen MR) is 84.2 cm³/mol. The fraction of sp³-hybridized carbons (Fsp3) is 0.438. The molecule has 2 rings (SSSR count). The van der Waals surface area contributed by atoms with Crippen LogP contribution in [0.15, 0.2) is 18.2 Å². The molecule has 2 N–H and O–H groups in total. The van der Waals surface area contributed by atoms with Gasteiger partial charge in [0.05, 0.1) is 12.3 Å². The van der Waals surface area contributed by atoms with Gasteiger partial charge >= 0.3 is 5.97 Å². The first-order valence-corrected chi connectivity index (χ1v) is 7.40. The standard InChI is InChI=1S/C16H20N2O5/c1-5-22-15(21)16(4)14(20)18-11-7-6-10(8-12(11)23-16)17-13(19)9(2)3/h6-9H,5H2,1-4H3,(H,17,19)(H,18,20)/t16-/m0/s1. The minimum atomic E-state index is -1.76. The zero-order valence-corrected chi connectivity index (χ0v) is 13.6. The maximum atomic E-state index is 12.1. The molecule has 1 aliphatic heterocycles. The van der Waals surface area contributed by atoms with Gasteiger partial charge in [0.1, 0.15) is 5.75 Å². The molecule has 1 aliphatic rings. The minimum Gasteiger partial charge on any atom is -0.464 e. The number of nitrogens with one attached hydrogen (secondary N) is 2. The highest BCUT2D eigenvalue weighted by atomic mass is 16.6. The number of benzene rings is 1. The lowest BCUT2D eigenvalue weighted by Gasteiger charge is -2.32. The van der Waals surface area contributed by atoms with E-state index in [1.165, 1.54) is 6.92 Å². The molecule has 23 heavy (non-hydrogen) atoms. The number of hydrogen-bond acceptors (Lipinski definition) is 5. The van der Waals surface area contributed by atoms with Gasteiger partial charge in [-0.15, -0.1) is 0 Å². The molecule has 124 valence electrons. The summed E-state index contributed by atoms with van der Waals surface area (Å²) >= 11 is 0. The van der Waals surface area contributed by atoms with Crippen molar-refractivity contribution in [2.45, 2.75) is 33.3 Å². The zero-order valence-electron chi connectivity index (χ0n) is 13.6. The topological polar surface area (TPSA) is 93.7 Å². The van der Waals surface area contributed by atoms with Gasteiger partial charge in [-0.1, -0.05) is 13.8 Å². The largest absolute Gasteiger partial charge is 0.464 e. The highest BCUT2D eigenvalue weighted by molar-refractivity contribution is 6.14. The van der Waals surface area contributed by atoms with Crippen LogP contribution < -0.4 is 15.4 Å². The molecular weight excluding hydrogens is 300 g/mol. The summed E-state index contributed by atoms with van der Waals surface area (Å²) in [5, 5.41) is 5.35. The van der Waals surface area contributed by atoms with Crippen LogP contribution in [-0.2, 0) is 19.1 Å². The van der Waals surface area contributed by atoms with Crippen molar-refractivity contribution in [3.63, 3.8) is 0 Å². The second-order valence-electron chi connectivity index (χ2n) is 5.66. The van der Waals surface area contributed by atoms with E-state index in [4.69, 9.17) is 9.47 Å². The summed E-state index contributed by atoms with van der Waals surface area (Å²) in [4.78, 5) is 35.9. The SMILES string of the molecule is CCOC(=O)[C@@]1(C)Oc2cc(NC(=O)C(C)C)ccc2NC1=O. The number of carbonyl (C=O) groups excluding carboxylic acids is 3. The highest BCUT2D eigenvalue weighted by Crippen LogP contribution is 2.36. The van der Waals surface area contributed by atoms with E-state index in [-0.39, 0.29) is 18.4 Å². The van der Waals surface area contributed by atoms with Crippen molar-refractivity contribution in [1.29, 1.82) is 0 Å². The minimum absolute atomic E-state index is 0.141. The molecule has 0 bridgehead atoms. The molecule has 0 spiro atoms. The van der Waals surface area contributed by atoms with Crippen LogP contribution in [0.25, 0.3) is 0 Å². The molecular formula is C16H20N2O5. The van der Waals surface area contributed by atoms with Gasteiger partial charge in [0.25, 0.3) is 11.5 Å². The normalized spacial score (nSPS) is 19.4. The quantitative estimate of drug-likeness (QED) is 0.653. The third kappa shape index (κ3) is 3.28. The molecule has 0 saturated carbocycles. The van der Waals surface area contributed by atoms with E-state index in [1.54, 1.807) is 39.0 Å². The Hall–Kier alpha value is -2.57. The van der Waals surface area contributed by atoms with Crippen LogP contribution in [0, 0.1) is 5.92 Å². The molecule has 0 fully saturated rings. The van der Waals surface area contributed by atoms with Crippen LogP contribution >= 0.6 is 0 Å². The Labute approximate surface area is 134 Å². The van der Waals surface area contributed by atoms with Gasteiger partial charge in [0.15, 0.2) is 0 Å². The summed E-state index contributed by atoms with van der Waals surface area (Å²) in [6.45, 7) is 6.70. The average molecular weight is 320 g/mol. The van der Waals surface area contributed by atoms with E-state index in [2.05, 4.69) is 10.6 Å². The molecule has 0 saturated heterocycles. The van der Waals surface area contributed by atoms with E-state index < -0.39 is 17.5 Å². The molecule has 0 aliphatic carbocycles. The van der Waals surface area contributed by atoms with Crippen LogP contribution in [0.4, 0.5) is 11.4 Å². The highest BCUT2D eigenvalue weighted by Gasteiger charge is 2.48. The summed E-state index contributed by atoms with van der Waals surface area (Å²) in [6.07, 6.45) is 0. The van der Waals surface area contributed by atoms with Crippen molar-refractivity contribution >= 4 is 29.2 Å². The van der Waals surface area contributed by atoms with Gasteiger partial charge < -0.3 is 20.1 Å². The molecule has 0 aromatic heterocycles. The summed E-state index contributed by atoms with van der Waals surface area (Å²) in [5.74, 6) is -1.38. The Morgan fingerprint density at radius 3 is 2.70 bits per heavy atom. The number of esters is 1. The van der Waals surface area contributed by atoms with E-state index in [0.29, 0.717) is 17.1 Å². The first-order chi connectivity index (χ1) is 10.8. The van der Waals surface area contributed by atoms with E-state index in [1.807, 2.05) is 0 Å². The Morgan fingerprint density at radius 2 is 2.09 bits per heavy atom. The predicted octanol–water partition coefficient (Wildman–Crippen LogP) is 1.93. The van der Waals surface area contributed by atoms with Crippen molar-refractivity contribution in [2.24, 2.45) is 5.92 Å². The summed E-state index contributed by atoms with van der Waals surface area (Å²) in [6, 6.07) is 4.82. The van der Waals surface area contributed by atoms with Crippen molar-refractivity contribution in [1.82, 2.24) is 0 Å². The van der Waals surface area contributed by atoms with Gasteiger partial charge in [-0.2, -0.15) is 0 Å². The Morgan fingerprint density at radius 1 is 1.39 bits per heavy atom. The van der Waals surface area contributed by atoms with Gasteiger partial charge in [-0.25, -0.2) is 4.79 Å². The molecule has 7 heteroatoms. The van der Waals surface area contributed by atoms with Crippen molar-refractivity contribution < 1.29 is 23.9 Å². The Kier molecular flexibility index (Phi) is 4.58. The lowest BCUT2D eigenvalue weighted by atomic mass is 10.0. The summed E-state index contributed by atoms with van der Waals surface area (Å²) in [7, 11) is 0. The van der Waals surface area contributed by atoms with Gasteiger partial charge in [0.2, 0.25) is 5.91 Å². The molecule has 1 atom stereocenters. The number of amides is 2. The number of fused-ring (bicyclic) bond motifs is 1. The van der Waals surface area contributed by atoms with Crippen molar-refractivity contribution in [2.75, 3.05) is 17.2 Å². The number of rotatable bonds is 4. The second kappa shape index (κ2) is 6.28. The van der Waals surface area contributed by atoms with Crippen molar-refractivity contribution in [3.05, 3.63) is 18.2 Å². The molecule has 7 nitrogen and oxygen atoms in total. The monoisotopic (exact) mass is 320 g/mol. The number of carbonyl (C=O) groups is 3. The molecule has 1 heterocycles. The number of anilines is 2. The third-order valence-corrected chi connectivity index (χ3v) is 3.43. The maximum Gasteiger partial charge on any atom is 0.360 e. The second-order valence-corrected chi connectivity index (χ2v) is 5.66. The smallest absolute Gasteiger partial charge is 0.360 e. The van der Waals surface area contributed by atoms with Gasteiger partial charge in [0, 0.05) is 17.7 Å². The van der Waals surface area contributed by atoms with Crippen LogP contribution in [0.2, 0.25) is 0 Å². The molecule has 2 amide bonds. The lowest BCUT2D eigenvalue weighted by Crippen LogP contribution is -2.55. The summed E-state index contributed by atoms with van der Waals surface area (Å²) in [5.41, 5.74) is -0.812. The lowest BCUT2D eigenvalue weighted by molar-refractivity contribution is -0.165. The van der Waals surface area contributed by atoms with Gasteiger partial charge in [-0.05, 0) is 26.0 Å². The van der Waals surface area contributed by atoms with E-state index in [0.717, 1.165) is 0 Å². The maximum absolute atomic E-state index is 12.1. The zero-order chi connectivity index (χ0) is 17.2. The molecule has 0 radical (unpaired) electrons. The average Bonchev–Trinajstić information content (AvgIpc) is 2.48. The fourth-order valence-corrected chi connectivity index (χ4v) is 1.99. The number of ether oxygens (including phenoxy) is 2. The summed E-state index contributed by atoms with van der Waals surface area (Å²) < 4.78 is 10.5. The molecule has 1 aromatic rings. The van der Waals surface area contributed by atoms with E-state index in [9.17, 15) is 14.4 Å². The number of hydrogen-bond donors (Lipinski definition) is 2. The van der Waals surface area contributed by atoms with E-state index >= 15 is 0 Å². The first kappa shape index (κ1) is 16.8. The Balaban J connectivity index is 2.28. The Bertz CT molecular complexity index is 656. The van der Waals surface area contributed by atoms with Gasteiger partial charge in [-0.3, -0.25) is 9.59 Å². The first-order valence-electron chi connectivity index (χ1n) is 7.40. The van der Waals surface area contributed by atoms with Crippen LogP contribution in [0.5, 0.6) is 5.75 Å². The van der Waals surface area contributed by atoms with Crippen LogP contribution in [-0.4, -0.2) is 30.0 Å². The van der Waals surface area contributed by atoms with Crippen molar-refractivity contribution in [3.8, 4) is 5.75 Å². The molecule has 0 unspecified atom stereocenters. The third-order valence-electron chi connectivity index (χ3n) is 3.43. The fourth-order valence-electron chi connectivity index (χ4n) is 1.99.